The van der Waals surface area contributed by atoms with Gasteiger partial charge in [-0.1, -0.05) is 12.1 Å². The number of carbonyl (C=O) groups excluding carboxylic acids is 1. The summed E-state index contributed by atoms with van der Waals surface area (Å²) in [5.41, 5.74) is 0.788. The summed E-state index contributed by atoms with van der Waals surface area (Å²) >= 11 is 0. The molecule has 1 amide bonds. The molecule has 0 unspecified atom stereocenters. The maximum absolute atomic E-state index is 11.8. The van der Waals surface area contributed by atoms with E-state index in [4.69, 9.17) is 0 Å². The van der Waals surface area contributed by atoms with Gasteiger partial charge in [0.05, 0.1) is 4.92 Å². The van der Waals surface area contributed by atoms with Gasteiger partial charge < -0.3 is 4.90 Å². The molecular formula is C11H12N6O3. The molecule has 0 N–H and O–H groups in total. The summed E-state index contributed by atoms with van der Waals surface area (Å²) in [4.78, 5) is 23.3. The van der Waals surface area contributed by atoms with Gasteiger partial charge in [0.25, 0.3) is 5.69 Å². The molecule has 9 nitrogen and oxygen atoms in total. The van der Waals surface area contributed by atoms with Gasteiger partial charge >= 0.3 is 6.03 Å². The van der Waals surface area contributed by atoms with Crippen molar-refractivity contribution in [3.05, 3.63) is 45.8 Å². The molecule has 20 heavy (non-hydrogen) atoms. The van der Waals surface area contributed by atoms with Crippen molar-refractivity contribution in [2.24, 2.45) is 0 Å². The van der Waals surface area contributed by atoms with Crippen molar-refractivity contribution in [2.75, 3.05) is 14.1 Å². The van der Waals surface area contributed by atoms with Crippen LogP contribution in [0.1, 0.15) is 11.4 Å². The summed E-state index contributed by atoms with van der Waals surface area (Å²) in [6.45, 7) is 0. The number of nitrogens with zero attached hydrogens (tertiary/aromatic N) is 6. The summed E-state index contributed by atoms with van der Waals surface area (Å²) in [6, 6.07) is 5.66. The highest BCUT2D eigenvalue weighted by molar-refractivity contribution is 5.75. The Labute approximate surface area is 114 Å². The predicted molar refractivity (Wildman–Crippen MR) is 68.2 cm³/mol. The normalized spacial score (nSPS) is 10.3. The second-order valence-corrected chi connectivity index (χ2v) is 4.28. The van der Waals surface area contributed by atoms with Crippen molar-refractivity contribution in [3.8, 4) is 0 Å². The van der Waals surface area contributed by atoms with Gasteiger partial charge in [0.15, 0.2) is 5.82 Å². The lowest BCUT2D eigenvalue weighted by atomic mass is 10.1. The quantitative estimate of drug-likeness (QED) is 0.464. The van der Waals surface area contributed by atoms with Crippen LogP contribution < -0.4 is 0 Å². The maximum atomic E-state index is 11.8. The molecule has 0 aliphatic heterocycles. The number of nitro groups is 1. The molecule has 1 heterocycles. The molecular weight excluding hydrogens is 264 g/mol. The van der Waals surface area contributed by atoms with Gasteiger partial charge in [0, 0.05) is 32.6 Å². The minimum absolute atomic E-state index is 0.0118. The number of benzene rings is 1. The first-order chi connectivity index (χ1) is 9.49. The van der Waals surface area contributed by atoms with E-state index in [9.17, 15) is 14.9 Å². The fourth-order valence-corrected chi connectivity index (χ4v) is 1.57. The van der Waals surface area contributed by atoms with Crippen molar-refractivity contribution in [2.45, 2.75) is 6.42 Å². The lowest BCUT2D eigenvalue weighted by Crippen LogP contribution is -2.29. The maximum Gasteiger partial charge on any atom is 0.347 e. The third kappa shape index (κ3) is 2.76. The SMILES string of the molecule is CN(C)C(=O)n1nnnc1Cc1ccc([N+](=O)[O-])cc1. The van der Waals surface area contributed by atoms with E-state index < -0.39 is 4.92 Å². The second-order valence-electron chi connectivity index (χ2n) is 4.28. The fraction of sp³-hybridized carbons (Fsp3) is 0.273. The summed E-state index contributed by atoms with van der Waals surface area (Å²) < 4.78 is 1.10. The molecule has 2 rings (SSSR count). The highest BCUT2D eigenvalue weighted by atomic mass is 16.6. The Hall–Kier alpha value is -2.84. The second kappa shape index (κ2) is 5.43. The van der Waals surface area contributed by atoms with Gasteiger partial charge in [-0.05, 0) is 16.0 Å². The highest BCUT2D eigenvalue weighted by Gasteiger charge is 2.16. The van der Waals surface area contributed by atoms with Crippen LogP contribution in [0.4, 0.5) is 10.5 Å². The van der Waals surface area contributed by atoms with Gasteiger partial charge in [0.2, 0.25) is 0 Å². The average molecular weight is 276 g/mol. The smallest absolute Gasteiger partial charge is 0.329 e. The number of rotatable bonds is 3. The van der Waals surface area contributed by atoms with Crippen LogP contribution in [0.2, 0.25) is 0 Å². The van der Waals surface area contributed by atoms with Crippen molar-refractivity contribution in [1.29, 1.82) is 0 Å². The first kappa shape index (κ1) is 13.6. The molecule has 0 aliphatic carbocycles. The predicted octanol–water partition coefficient (Wildman–Crippen LogP) is 0.702. The van der Waals surface area contributed by atoms with E-state index in [1.165, 1.54) is 17.0 Å². The van der Waals surface area contributed by atoms with Crippen LogP contribution >= 0.6 is 0 Å². The topological polar surface area (TPSA) is 107 Å². The van der Waals surface area contributed by atoms with E-state index in [0.29, 0.717) is 12.2 Å². The summed E-state index contributed by atoms with van der Waals surface area (Å²) in [7, 11) is 3.19. The standard InChI is InChI=1S/C11H12N6O3/c1-15(2)11(18)16-10(12-13-14-16)7-8-3-5-9(6-4-8)17(19)20/h3-6H,7H2,1-2H3. The minimum atomic E-state index is -0.469. The number of non-ortho nitro benzene ring substituents is 1. The van der Waals surface area contributed by atoms with E-state index in [-0.39, 0.29) is 11.7 Å². The van der Waals surface area contributed by atoms with Gasteiger partial charge in [-0.15, -0.1) is 9.78 Å². The van der Waals surface area contributed by atoms with Gasteiger partial charge in [0.1, 0.15) is 0 Å². The zero-order valence-electron chi connectivity index (χ0n) is 10.9. The Bertz CT molecular complexity index is 634. The van der Waals surface area contributed by atoms with Crippen LogP contribution in [0.25, 0.3) is 0 Å². The molecule has 2 aromatic rings. The third-order valence-electron chi connectivity index (χ3n) is 2.61. The van der Waals surface area contributed by atoms with Crippen molar-refractivity contribution in [3.63, 3.8) is 0 Å². The molecule has 9 heteroatoms. The Balaban J connectivity index is 2.20. The lowest BCUT2D eigenvalue weighted by molar-refractivity contribution is -0.384. The van der Waals surface area contributed by atoms with Gasteiger partial charge in [-0.2, -0.15) is 0 Å². The van der Waals surface area contributed by atoms with E-state index >= 15 is 0 Å². The molecule has 0 radical (unpaired) electrons. The summed E-state index contributed by atoms with van der Waals surface area (Å²) in [5, 5.41) is 21.5. The van der Waals surface area contributed by atoms with E-state index in [1.54, 1.807) is 26.2 Å². The van der Waals surface area contributed by atoms with Crippen molar-refractivity contribution in [1.82, 2.24) is 25.1 Å². The fourth-order valence-electron chi connectivity index (χ4n) is 1.57. The molecule has 0 atom stereocenters. The molecule has 0 spiro atoms. The average Bonchev–Trinajstić information content (AvgIpc) is 2.86. The van der Waals surface area contributed by atoms with Crippen LogP contribution in [-0.2, 0) is 6.42 Å². The van der Waals surface area contributed by atoms with Crippen LogP contribution in [-0.4, -0.2) is 50.2 Å². The van der Waals surface area contributed by atoms with Crippen LogP contribution in [0, 0.1) is 10.1 Å². The first-order valence-electron chi connectivity index (χ1n) is 5.71. The number of nitro benzene ring substituents is 1. The highest BCUT2D eigenvalue weighted by Crippen LogP contribution is 2.14. The third-order valence-corrected chi connectivity index (χ3v) is 2.61. The van der Waals surface area contributed by atoms with Crippen LogP contribution in [0.5, 0.6) is 0 Å². The Kier molecular flexibility index (Phi) is 3.69. The van der Waals surface area contributed by atoms with Gasteiger partial charge in [-0.25, -0.2) is 4.79 Å². The number of aromatic nitrogens is 4. The largest absolute Gasteiger partial charge is 0.347 e. The molecule has 0 saturated heterocycles. The molecule has 1 aromatic heterocycles. The Morgan fingerprint density at radius 2 is 2.00 bits per heavy atom. The van der Waals surface area contributed by atoms with Crippen LogP contribution in [0.15, 0.2) is 24.3 Å². The lowest BCUT2D eigenvalue weighted by Gasteiger charge is -2.10. The number of tetrazole rings is 1. The summed E-state index contributed by atoms with van der Waals surface area (Å²) in [6.07, 6.45) is 0.310. The van der Waals surface area contributed by atoms with Crippen LogP contribution in [0.3, 0.4) is 0 Å². The van der Waals surface area contributed by atoms with E-state index in [2.05, 4.69) is 15.5 Å². The Morgan fingerprint density at radius 1 is 1.35 bits per heavy atom. The van der Waals surface area contributed by atoms with E-state index in [1.807, 2.05) is 0 Å². The molecule has 0 fully saturated rings. The first-order valence-corrected chi connectivity index (χ1v) is 5.71. The molecule has 104 valence electrons. The van der Waals surface area contributed by atoms with Crippen molar-refractivity contribution < 1.29 is 9.72 Å². The zero-order chi connectivity index (χ0) is 14.7. The van der Waals surface area contributed by atoms with Crippen molar-refractivity contribution >= 4 is 11.7 Å². The minimum Gasteiger partial charge on any atom is -0.329 e. The molecule has 0 bridgehead atoms. The number of hydrogen-bond acceptors (Lipinski definition) is 6. The molecule has 0 saturated carbocycles. The monoisotopic (exact) mass is 276 g/mol. The molecule has 1 aromatic carbocycles. The van der Waals surface area contributed by atoms with E-state index in [0.717, 1.165) is 10.2 Å². The zero-order valence-corrected chi connectivity index (χ0v) is 10.9. The number of amides is 1. The number of carbonyl (C=O) groups is 1. The Morgan fingerprint density at radius 3 is 2.55 bits per heavy atom. The number of hydrogen-bond donors (Lipinski definition) is 0. The van der Waals surface area contributed by atoms with Gasteiger partial charge in [-0.3, -0.25) is 10.1 Å². The molecule has 0 aliphatic rings. The summed E-state index contributed by atoms with van der Waals surface area (Å²) in [5.74, 6) is 0.373.